The molecule has 1 aromatic carbocycles. The Labute approximate surface area is 214 Å². The van der Waals surface area contributed by atoms with Crippen molar-refractivity contribution >= 4 is 34.6 Å². The van der Waals surface area contributed by atoms with E-state index in [0.29, 0.717) is 37.9 Å². The van der Waals surface area contributed by atoms with Crippen LogP contribution in [0.2, 0.25) is 0 Å². The largest absolute Gasteiger partial charge is 0.492 e. The number of rotatable bonds is 9. The number of carbonyl (C=O) groups excluding carboxylic acids is 1. The Morgan fingerprint density at radius 2 is 1.97 bits per heavy atom. The van der Waals surface area contributed by atoms with Gasteiger partial charge >= 0.3 is 6.18 Å². The molecule has 36 heavy (non-hydrogen) atoms. The highest BCUT2D eigenvalue weighted by atomic mass is 32.1. The lowest BCUT2D eigenvalue weighted by Gasteiger charge is -2.29. The average Bonchev–Trinajstić information content (AvgIpc) is 2.98. The maximum atomic E-state index is 13.5. The van der Waals surface area contributed by atoms with Crippen LogP contribution in [0.15, 0.2) is 36.5 Å². The topological polar surface area (TPSA) is 62.1 Å². The van der Waals surface area contributed by atoms with Crippen molar-refractivity contribution in [1.82, 2.24) is 15.2 Å². The maximum absolute atomic E-state index is 13.5. The second-order valence-corrected chi connectivity index (χ2v) is 9.53. The summed E-state index contributed by atoms with van der Waals surface area (Å²) < 4.78 is 46.1. The first kappa shape index (κ1) is 27.4. The zero-order valence-corrected chi connectivity index (χ0v) is 21.3. The molecule has 1 aromatic heterocycles. The van der Waals surface area contributed by atoms with Gasteiger partial charge in [0, 0.05) is 24.8 Å². The summed E-state index contributed by atoms with van der Waals surface area (Å²) >= 11 is 5.50. The molecule has 2 aromatic rings. The first-order chi connectivity index (χ1) is 16.9. The number of nitrogens with one attached hydrogen (secondary N) is 1. The Kier molecular flexibility index (Phi) is 8.21. The van der Waals surface area contributed by atoms with Gasteiger partial charge in [0.15, 0.2) is 10.8 Å². The van der Waals surface area contributed by atoms with Crippen LogP contribution in [0, 0.1) is 6.57 Å². The smallest absolute Gasteiger partial charge is 0.407 e. The predicted molar refractivity (Wildman–Crippen MR) is 135 cm³/mol. The summed E-state index contributed by atoms with van der Waals surface area (Å²) in [4.78, 5) is 23.3. The lowest BCUT2D eigenvalue weighted by atomic mass is 10.0. The Bertz CT molecular complexity index is 1160. The molecule has 0 atom stereocenters. The van der Waals surface area contributed by atoms with E-state index in [1.165, 1.54) is 6.07 Å². The minimum Gasteiger partial charge on any atom is -0.492 e. The summed E-state index contributed by atoms with van der Waals surface area (Å²) in [6, 6.07) is 7.25. The zero-order valence-electron chi connectivity index (χ0n) is 20.5. The number of anilines is 1. The van der Waals surface area contributed by atoms with E-state index in [1.807, 2.05) is 12.1 Å². The van der Waals surface area contributed by atoms with Crippen molar-refractivity contribution in [3.05, 3.63) is 59.2 Å². The van der Waals surface area contributed by atoms with Gasteiger partial charge in [0.2, 0.25) is 0 Å². The third-order valence-corrected chi connectivity index (χ3v) is 6.17. The number of carbonyl (C=O) groups is 1. The molecule has 0 unspecified atom stereocenters. The standard InChI is InChI=1S/C25H28F3N5O2S/c1-16(2)30-14-17-7-9-19(15-31-17)35-12-6-11-32-23(36)33(22(34)24(32,3)4)18-8-10-21(29-5)20(13-18)25(26,27)28/h7-10,13,15-16,30H,6,11-12,14H2,1-4H3. The van der Waals surface area contributed by atoms with E-state index in [9.17, 15) is 18.0 Å². The Morgan fingerprint density at radius 1 is 1.25 bits per heavy atom. The van der Waals surface area contributed by atoms with Gasteiger partial charge in [0.05, 0.1) is 30.6 Å². The van der Waals surface area contributed by atoms with E-state index < -0.39 is 28.9 Å². The summed E-state index contributed by atoms with van der Waals surface area (Å²) in [5.74, 6) is 0.177. The maximum Gasteiger partial charge on any atom is 0.407 e. The highest BCUT2D eigenvalue weighted by Gasteiger charge is 2.49. The molecular weight excluding hydrogens is 491 g/mol. The number of thiocarbonyl (C=S) groups is 1. The number of benzene rings is 1. The molecule has 1 saturated heterocycles. The molecule has 1 fully saturated rings. The van der Waals surface area contributed by atoms with Crippen LogP contribution in [-0.4, -0.2) is 45.6 Å². The van der Waals surface area contributed by atoms with Crippen molar-refractivity contribution in [2.75, 3.05) is 18.1 Å². The fourth-order valence-electron chi connectivity index (χ4n) is 3.75. The van der Waals surface area contributed by atoms with Crippen LogP contribution in [0.4, 0.5) is 24.5 Å². The zero-order chi connectivity index (χ0) is 26.7. The molecule has 7 nitrogen and oxygen atoms in total. The Hall–Kier alpha value is -3.23. The quantitative estimate of drug-likeness (QED) is 0.275. The first-order valence-corrected chi connectivity index (χ1v) is 11.8. The molecule has 11 heteroatoms. The van der Waals surface area contributed by atoms with Crippen molar-refractivity contribution in [2.45, 2.75) is 58.4 Å². The second kappa shape index (κ2) is 10.8. The van der Waals surface area contributed by atoms with Gasteiger partial charge < -0.3 is 15.0 Å². The first-order valence-electron chi connectivity index (χ1n) is 11.4. The van der Waals surface area contributed by atoms with E-state index >= 15 is 0 Å². The van der Waals surface area contributed by atoms with Crippen LogP contribution in [0.25, 0.3) is 4.85 Å². The van der Waals surface area contributed by atoms with Crippen LogP contribution in [0.5, 0.6) is 5.75 Å². The highest BCUT2D eigenvalue weighted by molar-refractivity contribution is 7.80. The van der Waals surface area contributed by atoms with E-state index in [1.54, 1.807) is 24.9 Å². The van der Waals surface area contributed by atoms with Crippen molar-refractivity contribution in [2.24, 2.45) is 0 Å². The van der Waals surface area contributed by atoms with Gasteiger partial charge in [0.1, 0.15) is 11.3 Å². The number of hydrogen-bond donors (Lipinski definition) is 1. The molecule has 0 saturated carbocycles. The van der Waals surface area contributed by atoms with Crippen molar-refractivity contribution in [3.8, 4) is 5.75 Å². The van der Waals surface area contributed by atoms with E-state index in [4.69, 9.17) is 23.5 Å². The van der Waals surface area contributed by atoms with E-state index in [0.717, 1.165) is 22.7 Å². The SMILES string of the molecule is [C-]#[N+]c1ccc(N2C(=O)C(C)(C)N(CCCOc3ccc(CNC(C)C)nc3)C2=S)cc1C(F)(F)F. The van der Waals surface area contributed by atoms with Gasteiger partial charge in [-0.1, -0.05) is 19.9 Å². The van der Waals surface area contributed by atoms with Crippen LogP contribution in [0.1, 0.15) is 45.4 Å². The number of ether oxygens (including phenoxy) is 1. The minimum atomic E-state index is -4.73. The second-order valence-electron chi connectivity index (χ2n) is 9.17. The molecule has 3 rings (SSSR count). The number of hydrogen-bond acceptors (Lipinski definition) is 5. The molecule has 192 valence electrons. The van der Waals surface area contributed by atoms with Crippen molar-refractivity contribution < 1.29 is 22.7 Å². The Balaban J connectivity index is 1.65. The van der Waals surface area contributed by atoms with Gasteiger partial charge in [-0.05, 0) is 56.8 Å². The molecular formula is C25H28F3N5O2S. The molecule has 1 aliphatic rings. The molecule has 1 amide bonds. The molecule has 0 bridgehead atoms. The van der Waals surface area contributed by atoms with Crippen LogP contribution in [0.3, 0.4) is 0 Å². The van der Waals surface area contributed by atoms with Crippen molar-refractivity contribution in [3.63, 3.8) is 0 Å². The molecule has 2 heterocycles. The number of pyridine rings is 1. The monoisotopic (exact) mass is 519 g/mol. The summed E-state index contributed by atoms with van der Waals surface area (Å²) in [7, 11) is 0. The lowest BCUT2D eigenvalue weighted by Crippen LogP contribution is -2.44. The highest BCUT2D eigenvalue weighted by Crippen LogP contribution is 2.40. The number of halogens is 3. The normalized spacial score (nSPS) is 15.5. The van der Waals surface area contributed by atoms with Crippen LogP contribution in [-0.2, 0) is 17.5 Å². The lowest BCUT2D eigenvalue weighted by molar-refractivity contribution is -0.136. The summed E-state index contributed by atoms with van der Waals surface area (Å²) in [5, 5.41) is 3.40. The fourth-order valence-corrected chi connectivity index (χ4v) is 4.26. The van der Waals surface area contributed by atoms with Gasteiger partial charge in [-0.15, -0.1) is 0 Å². The molecule has 0 radical (unpaired) electrons. The number of aromatic nitrogens is 1. The summed E-state index contributed by atoms with van der Waals surface area (Å²) in [5.41, 5.74) is -1.81. The molecule has 0 spiro atoms. The Morgan fingerprint density at radius 3 is 2.56 bits per heavy atom. The summed E-state index contributed by atoms with van der Waals surface area (Å²) in [6.07, 6.45) is -2.56. The van der Waals surface area contributed by atoms with Gasteiger partial charge in [0.25, 0.3) is 5.91 Å². The minimum absolute atomic E-state index is 0.0188. The van der Waals surface area contributed by atoms with Crippen molar-refractivity contribution in [1.29, 1.82) is 0 Å². The van der Waals surface area contributed by atoms with Crippen LogP contribution < -0.4 is 15.0 Å². The third-order valence-electron chi connectivity index (χ3n) is 5.77. The third kappa shape index (κ3) is 5.94. The average molecular weight is 520 g/mol. The number of amides is 1. The number of alkyl halides is 3. The van der Waals surface area contributed by atoms with Gasteiger partial charge in [-0.3, -0.25) is 14.7 Å². The molecule has 1 N–H and O–H groups in total. The van der Waals surface area contributed by atoms with Gasteiger partial charge in [-0.25, -0.2) is 4.85 Å². The van der Waals surface area contributed by atoms with E-state index in [-0.39, 0.29) is 10.8 Å². The summed E-state index contributed by atoms with van der Waals surface area (Å²) in [6.45, 7) is 15.8. The van der Waals surface area contributed by atoms with Gasteiger partial charge in [-0.2, -0.15) is 13.2 Å². The van der Waals surface area contributed by atoms with Crippen LogP contribution >= 0.6 is 12.2 Å². The predicted octanol–water partition coefficient (Wildman–Crippen LogP) is 5.33. The van der Waals surface area contributed by atoms with E-state index in [2.05, 4.69) is 29.0 Å². The number of nitrogens with zero attached hydrogens (tertiary/aromatic N) is 4. The molecule has 1 aliphatic heterocycles. The molecule has 0 aliphatic carbocycles. The fraction of sp³-hybridized carbons (Fsp3) is 0.440.